The highest BCUT2D eigenvalue weighted by atomic mass is 35.5. The van der Waals surface area contributed by atoms with Gasteiger partial charge in [0, 0.05) is 23.3 Å². The number of hydrogen-bond donors (Lipinski definition) is 1. The van der Waals surface area contributed by atoms with Crippen LogP contribution in [0.4, 0.5) is 19.3 Å². The highest BCUT2D eigenvalue weighted by Gasteiger charge is 2.34. The predicted molar refractivity (Wildman–Crippen MR) is 119 cm³/mol. The Bertz CT molecular complexity index is 1170. The summed E-state index contributed by atoms with van der Waals surface area (Å²) in [6.45, 7) is 0.383. The van der Waals surface area contributed by atoms with Gasteiger partial charge < -0.3 is 19.7 Å². The summed E-state index contributed by atoms with van der Waals surface area (Å²) >= 11 is 6.52. The van der Waals surface area contributed by atoms with E-state index in [4.69, 9.17) is 21.1 Å². The van der Waals surface area contributed by atoms with Gasteiger partial charge in [-0.1, -0.05) is 29.8 Å². The molecule has 0 fully saturated rings. The lowest BCUT2D eigenvalue weighted by Crippen LogP contribution is -2.43. The number of amides is 2. The summed E-state index contributed by atoms with van der Waals surface area (Å²) < 4.78 is 37.8. The third kappa shape index (κ3) is 4.08. The number of fused-ring (bicyclic) bond motifs is 1. The molecule has 0 bridgehead atoms. The molecule has 1 heterocycles. The number of halogens is 3. The van der Waals surface area contributed by atoms with Gasteiger partial charge in [0.15, 0.2) is 23.1 Å². The van der Waals surface area contributed by atoms with Gasteiger partial charge in [0.2, 0.25) is 0 Å². The molecule has 0 spiro atoms. The first kappa shape index (κ1) is 21.9. The summed E-state index contributed by atoms with van der Waals surface area (Å²) in [5.41, 5.74) is 2.75. The van der Waals surface area contributed by atoms with Crippen molar-refractivity contribution in [3.05, 3.63) is 87.9 Å². The Labute approximate surface area is 189 Å². The second-order valence-electron chi connectivity index (χ2n) is 7.33. The van der Waals surface area contributed by atoms with E-state index in [2.05, 4.69) is 5.32 Å². The summed E-state index contributed by atoms with van der Waals surface area (Å²) in [4.78, 5) is 14.9. The third-order valence-corrected chi connectivity index (χ3v) is 5.85. The standard InChI is InChI=1S/C24H21ClF2N2O3/c1-31-21-11-14-9-10-29(24(30)28-15-7-8-19(26)20(27)12-15)23(17(14)13-22(21)32-2)16-5-3-4-6-18(16)25/h3-8,11-13,23H,9-10H2,1-2H3,(H,28,30). The molecule has 0 radical (unpaired) electrons. The fourth-order valence-corrected chi connectivity index (χ4v) is 4.21. The number of nitrogens with one attached hydrogen (secondary N) is 1. The Hall–Kier alpha value is -3.32. The second kappa shape index (κ2) is 9.04. The molecule has 3 aromatic rings. The summed E-state index contributed by atoms with van der Waals surface area (Å²) in [6, 6.07) is 13.3. The van der Waals surface area contributed by atoms with Gasteiger partial charge in [-0.2, -0.15) is 0 Å². The fraction of sp³-hybridized carbons (Fsp3) is 0.208. The number of anilines is 1. The van der Waals surface area contributed by atoms with Crippen LogP contribution in [0.3, 0.4) is 0 Å². The van der Waals surface area contributed by atoms with Crippen LogP contribution in [0.15, 0.2) is 54.6 Å². The van der Waals surface area contributed by atoms with Crippen molar-refractivity contribution < 1.29 is 23.0 Å². The Morgan fingerprint density at radius 2 is 1.72 bits per heavy atom. The smallest absolute Gasteiger partial charge is 0.322 e. The van der Waals surface area contributed by atoms with E-state index in [9.17, 15) is 13.6 Å². The zero-order valence-corrected chi connectivity index (χ0v) is 18.2. The van der Waals surface area contributed by atoms with Crippen molar-refractivity contribution in [2.24, 2.45) is 0 Å². The van der Waals surface area contributed by atoms with Crippen molar-refractivity contribution in [3.63, 3.8) is 0 Å². The van der Waals surface area contributed by atoms with Gasteiger partial charge in [0.05, 0.1) is 20.3 Å². The maximum absolute atomic E-state index is 13.6. The SMILES string of the molecule is COc1cc2c(cc1OC)C(c1ccccc1Cl)N(C(=O)Nc1ccc(F)c(F)c1)CC2. The van der Waals surface area contributed by atoms with Crippen molar-refractivity contribution in [2.75, 3.05) is 26.1 Å². The van der Waals surface area contributed by atoms with Crippen LogP contribution in [0.5, 0.6) is 11.5 Å². The Morgan fingerprint density at radius 1 is 1.00 bits per heavy atom. The van der Waals surface area contributed by atoms with E-state index in [0.717, 1.165) is 28.8 Å². The van der Waals surface area contributed by atoms with Crippen molar-refractivity contribution in [1.29, 1.82) is 0 Å². The fourth-order valence-electron chi connectivity index (χ4n) is 3.97. The minimum Gasteiger partial charge on any atom is -0.493 e. The van der Waals surface area contributed by atoms with Crippen LogP contribution in [-0.2, 0) is 6.42 Å². The second-order valence-corrected chi connectivity index (χ2v) is 7.74. The van der Waals surface area contributed by atoms with Crippen molar-refractivity contribution >= 4 is 23.3 Å². The number of benzene rings is 3. The lowest BCUT2D eigenvalue weighted by atomic mass is 9.87. The van der Waals surface area contributed by atoms with E-state index in [-0.39, 0.29) is 5.69 Å². The number of nitrogens with zero attached hydrogens (tertiary/aromatic N) is 1. The molecule has 1 aliphatic rings. The molecule has 0 saturated carbocycles. The number of urea groups is 1. The molecule has 3 aromatic carbocycles. The number of carbonyl (C=O) groups excluding carboxylic acids is 1. The van der Waals surface area contributed by atoms with Gasteiger partial charge in [0.1, 0.15) is 0 Å². The van der Waals surface area contributed by atoms with Gasteiger partial charge in [0.25, 0.3) is 0 Å². The first-order valence-corrected chi connectivity index (χ1v) is 10.3. The molecular formula is C24H21ClF2N2O3. The van der Waals surface area contributed by atoms with E-state index in [1.165, 1.54) is 6.07 Å². The largest absolute Gasteiger partial charge is 0.493 e. The van der Waals surface area contributed by atoms with Crippen molar-refractivity contribution in [3.8, 4) is 11.5 Å². The molecule has 166 valence electrons. The third-order valence-electron chi connectivity index (χ3n) is 5.51. The van der Waals surface area contributed by atoms with Crippen LogP contribution < -0.4 is 14.8 Å². The minimum atomic E-state index is -1.04. The maximum Gasteiger partial charge on any atom is 0.322 e. The average Bonchev–Trinajstić information content (AvgIpc) is 2.80. The molecule has 1 atom stereocenters. The van der Waals surface area contributed by atoms with Gasteiger partial charge in [-0.3, -0.25) is 0 Å². The normalized spacial score (nSPS) is 15.2. The summed E-state index contributed by atoms with van der Waals surface area (Å²) in [7, 11) is 3.12. The van der Waals surface area contributed by atoms with Crippen LogP contribution in [0.2, 0.25) is 5.02 Å². The zero-order valence-electron chi connectivity index (χ0n) is 17.5. The molecule has 2 amide bonds. The molecule has 32 heavy (non-hydrogen) atoms. The van der Waals surface area contributed by atoms with Gasteiger partial charge in [-0.15, -0.1) is 0 Å². The van der Waals surface area contributed by atoms with Crippen LogP contribution >= 0.6 is 11.6 Å². The molecule has 1 N–H and O–H groups in total. The number of ether oxygens (including phenoxy) is 2. The topological polar surface area (TPSA) is 50.8 Å². The van der Waals surface area contributed by atoms with Crippen molar-refractivity contribution in [2.45, 2.75) is 12.5 Å². The van der Waals surface area contributed by atoms with Crippen LogP contribution in [0.25, 0.3) is 0 Å². The molecule has 1 aliphatic heterocycles. The summed E-state index contributed by atoms with van der Waals surface area (Å²) in [5, 5.41) is 3.17. The van der Waals surface area contributed by atoms with E-state index in [0.29, 0.717) is 29.5 Å². The highest BCUT2D eigenvalue weighted by molar-refractivity contribution is 6.31. The molecule has 1 unspecified atom stereocenters. The lowest BCUT2D eigenvalue weighted by Gasteiger charge is -2.38. The van der Waals surface area contributed by atoms with Crippen LogP contribution in [-0.4, -0.2) is 31.7 Å². The number of rotatable bonds is 4. The number of hydrogen-bond acceptors (Lipinski definition) is 3. The Balaban J connectivity index is 1.77. The van der Waals surface area contributed by atoms with E-state index in [1.54, 1.807) is 25.2 Å². The van der Waals surface area contributed by atoms with Gasteiger partial charge in [-0.25, -0.2) is 13.6 Å². The van der Waals surface area contributed by atoms with E-state index < -0.39 is 23.7 Å². The Kier molecular flexibility index (Phi) is 6.19. The molecule has 0 aromatic heterocycles. The molecule has 8 heteroatoms. The van der Waals surface area contributed by atoms with E-state index in [1.807, 2.05) is 30.3 Å². The maximum atomic E-state index is 13.6. The van der Waals surface area contributed by atoms with Crippen LogP contribution in [0, 0.1) is 11.6 Å². The average molecular weight is 459 g/mol. The molecule has 0 saturated heterocycles. The molecular weight excluding hydrogens is 438 g/mol. The first-order valence-electron chi connectivity index (χ1n) is 9.94. The number of methoxy groups -OCH3 is 2. The summed E-state index contributed by atoms with van der Waals surface area (Å²) in [5.74, 6) is -0.883. The molecule has 0 aliphatic carbocycles. The zero-order chi connectivity index (χ0) is 22.8. The molecule has 4 rings (SSSR count). The van der Waals surface area contributed by atoms with Crippen LogP contribution in [0.1, 0.15) is 22.7 Å². The number of carbonyl (C=O) groups is 1. The van der Waals surface area contributed by atoms with Gasteiger partial charge >= 0.3 is 6.03 Å². The lowest BCUT2D eigenvalue weighted by molar-refractivity contribution is 0.193. The summed E-state index contributed by atoms with van der Waals surface area (Å²) in [6.07, 6.45) is 0.571. The first-order chi connectivity index (χ1) is 15.4. The van der Waals surface area contributed by atoms with Crippen molar-refractivity contribution in [1.82, 2.24) is 4.90 Å². The van der Waals surface area contributed by atoms with E-state index >= 15 is 0 Å². The minimum absolute atomic E-state index is 0.157. The van der Waals surface area contributed by atoms with Gasteiger partial charge in [-0.05, 0) is 53.4 Å². The monoisotopic (exact) mass is 458 g/mol. The highest BCUT2D eigenvalue weighted by Crippen LogP contribution is 2.42. The molecule has 5 nitrogen and oxygen atoms in total. The Morgan fingerprint density at radius 3 is 2.41 bits per heavy atom. The quantitative estimate of drug-likeness (QED) is 0.536. The predicted octanol–water partition coefficient (Wildman–Crippen LogP) is 5.82.